The highest BCUT2D eigenvalue weighted by molar-refractivity contribution is 6.31. The lowest BCUT2D eigenvalue weighted by Crippen LogP contribution is -2.04. The van der Waals surface area contributed by atoms with Crippen LogP contribution >= 0.6 is 11.6 Å². The summed E-state index contributed by atoms with van der Waals surface area (Å²) in [5.41, 5.74) is 1.31. The van der Waals surface area contributed by atoms with E-state index < -0.39 is 11.3 Å². The van der Waals surface area contributed by atoms with E-state index in [1.165, 1.54) is 25.1 Å². The summed E-state index contributed by atoms with van der Waals surface area (Å²) in [4.78, 5) is 21.7. The molecule has 4 nitrogen and oxygen atoms in total. The Balaban J connectivity index is 3.29. The molecule has 1 rings (SSSR count). The number of benzene rings is 1. The lowest BCUT2D eigenvalue weighted by molar-refractivity contribution is -0.131. The fourth-order valence-corrected chi connectivity index (χ4v) is 1.60. The SMILES string of the molecule is CC(=O)C(Cl)c1ccc(C#N)cc1C=CC(=O)O. The molecule has 0 saturated carbocycles. The van der Waals surface area contributed by atoms with Crippen LogP contribution in [0.15, 0.2) is 24.3 Å². The molecule has 0 heterocycles. The van der Waals surface area contributed by atoms with E-state index in [9.17, 15) is 9.59 Å². The summed E-state index contributed by atoms with van der Waals surface area (Å²) in [6.07, 6.45) is 2.25. The number of carbonyl (C=O) groups excluding carboxylic acids is 1. The van der Waals surface area contributed by atoms with Gasteiger partial charge in [0.25, 0.3) is 0 Å². The molecule has 1 aromatic carbocycles. The van der Waals surface area contributed by atoms with Crippen molar-refractivity contribution >= 4 is 29.4 Å². The minimum Gasteiger partial charge on any atom is -0.478 e. The third-order valence-electron chi connectivity index (χ3n) is 2.25. The predicted molar refractivity (Wildman–Crippen MR) is 67.1 cm³/mol. The number of hydrogen-bond donors (Lipinski definition) is 1. The van der Waals surface area contributed by atoms with Crippen molar-refractivity contribution in [1.82, 2.24) is 0 Å². The molecule has 1 N–H and O–H groups in total. The van der Waals surface area contributed by atoms with Crippen LogP contribution in [0.5, 0.6) is 0 Å². The fourth-order valence-electron chi connectivity index (χ4n) is 1.40. The maximum absolute atomic E-state index is 11.3. The van der Waals surface area contributed by atoms with Gasteiger partial charge in [0.15, 0.2) is 5.78 Å². The second-order valence-corrected chi connectivity index (χ2v) is 4.04. The molecule has 18 heavy (non-hydrogen) atoms. The molecule has 5 heteroatoms. The highest BCUT2D eigenvalue weighted by Gasteiger charge is 2.16. The summed E-state index contributed by atoms with van der Waals surface area (Å²) >= 11 is 5.94. The van der Waals surface area contributed by atoms with Crippen molar-refractivity contribution in [3.05, 3.63) is 41.0 Å². The zero-order valence-electron chi connectivity index (χ0n) is 9.55. The number of aliphatic carboxylic acids is 1. The Morgan fingerprint density at radius 3 is 2.67 bits per heavy atom. The zero-order chi connectivity index (χ0) is 13.7. The van der Waals surface area contributed by atoms with Gasteiger partial charge >= 0.3 is 5.97 Å². The number of carboxylic acids is 1. The molecule has 0 radical (unpaired) electrons. The van der Waals surface area contributed by atoms with Gasteiger partial charge in [-0.15, -0.1) is 11.6 Å². The third-order valence-corrected chi connectivity index (χ3v) is 2.79. The minimum atomic E-state index is -1.11. The molecular weight excluding hydrogens is 254 g/mol. The number of alkyl halides is 1. The molecule has 0 amide bonds. The van der Waals surface area contributed by atoms with Crippen molar-refractivity contribution < 1.29 is 14.7 Å². The van der Waals surface area contributed by atoms with Crippen molar-refractivity contribution in [3.63, 3.8) is 0 Å². The summed E-state index contributed by atoms with van der Waals surface area (Å²) in [6.45, 7) is 1.35. The van der Waals surface area contributed by atoms with E-state index >= 15 is 0 Å². The summed E-state index contributed by atoms with van der Waals surface area (Å²) in [5, 5.41) is 16.5. The monoisotopic (exact) mass is 263 g/mol. The van der Waals surface area contributed by atoms with Gasteiger partial charge in [-0.1, -0.05) is 6.07 Å². The van der Waals surface area contributed by atoms with Gasteiger partial charge in [-0.05, 0) is 36.3 Å². The largest absolute Gasteiger partial charge is 0.478 e. The van der Waals surface area contributed by atoms with Gasteiger partial charge in [0.1, 0.15) is 5.38 Å². The first-order valence-electron chi connectivity index (χ1n) is 5.05. The first-order valence-corrected chi connectivity index (χ1v) is 5.49. The molecule has 1 aromatic rings. The van der Waals surface area contributed by atoms with Crippen LogP contribution in [0.1, 0.15) is 29.0 Å². The molecule has 0 spiro atoms. The number of hydrogen-bond acceptors (Lipinski definition) is 3. The van der Waals surface area contributed by atoms with E-state index in [-0.39, 0.29) is 5.78 Å². The van der Waals surface area contributed by atoms with Gasteiger partial charge in [0.2, 0.25) is 0 Å². The molecule has 0 aliphatic heterocycles. The number of ketones is 1. The standard InChI is InChI=1S/C13H10ClNO3/c1-8(16)13(14)11-4-2-9(7-15)6-10(11)3-5-12(17)18/h2-6,13H,1H3,(H,17,18). The molecule has 0 aromatic heterocycles. The van der Waals surface area contributed by atoms with Gasteiger partial charge in [0.05, 0.1) is 11.6 Å². The van der Waals surface area contributed by atoms with E-state index in [0.29, 0.717) is 16.7 Å². The average molecular weight is 264 g/mol. The van der Waals surface area contributed by atoms with Crippen LogP contribution in [0.4, 0.5) is 0 Å². The molecule has 0 saturated heterocycles. The number of carbonyl (C=O) groups is 2. The number of nitrogens with zero attached hydrogens (tertiary/aromatic N) is 1. The second kappa shape index (κ2) is 5.99. The maximum Gasteiger partial charge on any atom is 0.328 e. The van der Waals surface area contributed by atoms with E-state index in [1.54, 1.807) is 6.07 Å². The van der Waals surface area contributed by atoms with Gasteiger partial charge in [-0.2, -0.15) is 5.26 Å². The molecular formula is C13H10ClNO3. The van der Waals surface area contributed by atoms with Gasteiger partial charge in [-0.25, -0.2) is 4.79 Å². The fraction of sp³-hybridized carbons (Fsp3) is 0.154. The Morgan fingerprint density at radius 1 is 1.50 bits per heavy atom. The molecule has 1 atom stereocenters. The van der Waals surface area contributed by atoms with Crippen molar-refractivity contribution in [1.29, 1.82) is 5.26 Å². The van der Waals surface area contributed by atoms with E-state index in [4.69, 9.17) is 22.0 Å². The molecule has 0 fully saturated rings. The Labute approximate surface area is 109 Å². The van der Waals surface area contributed by atoms with Crippen molar-refractivity contribution in [3.8, 4) is 6.07 Å². The van der Waals surface area contributed by atoms with Crippen LogP contribution in [0.25, 0.3) is 6.08 Å². The molecule has 0 bridgehead atoms. The first kappa shape index (κ1) is 13.9. The summed E-state index contributed by atoms with van der Waals surface area (Å²) < 4.78 is 0. The lowest BCUT2D eigenvalue weighted by atomic mass is 9.99. The first-order chi connectivity index (χ1) is 8.45. The summed E-state index contributed by atoms with van der Waals surface area (Å²) in [5.74, 6) is -1.36. The molecule has 1 unspecified atom stereocenters. The Morgan fingerprint density at radius 2 is 2.17 bits per heavy atom. The zero-order valence-corrected chi connectivity index (χ0v) is 10.3. The van der Waals surface area contributed by atoms with Gasteiger partial charge in [0, 0.05) is 6.08 Å². The molecule has 0 aliphatic carbocycles. The molecule has 92 valence electrons. The van der Waals surface area contributed by atoms with Gasteiger partial charge < -0.3 is 5.11 Å². The third kappa shape index (κ3) is 3.44. The maximum atomic E-state index is 11.3. The average Bonchev–Trinajstić information content (AvgIpc) is 2.34. The van der Waals surface area contributed by atoms with Gasteiger partial charge in [-0.3, -0.25) is 4.79 Å². The van der Waals surface area contributed by atoms with Crippen LogP contribution in [-0.4, -0.2) is 16.9 Å². The second-order valence-electron chi connectivity index (χ2n) is 3.60. The number of nitriles is 1. The normalized spacial score (nSPS) is 12.1. The number of Topliss-reactive ketones (excluding diaryl/α,β-unsaturated/α-hetero) is 1. The Hall–Kier alpha value is -2.12. The van der Waals surface area contributed by atoms with E-state index in [2.05, 4.69) is 0 Å². The van der Waals surface area contributed by atoms with E-state index in [1.807, 2.05) is 6.07 Å². The van der Waals surface area contributed by atoms with Crippen molar-refractivity contribution in [2.75, 3.05) is 0 Å². The topological polar surface area (TPSA) is 78.2 Å². The van der Waals surface area contributed by atoms with Crippen molar-refractivity contribution in [2.45, 2.75) is 12.3 Å². The Bertz CT molecular complexity index is 558. The molecule has 0 aliphatic rings. The van der Waals surface area contributed by atoms with Crippen LogP contribution in [0, 0.1) is 11.3 Å². The quantitative estimate of drug-likeness (QED) is 0.669. The summed E-state index contributed by atoms with van der Waals surface area (Å²) in [6, 6.07) is 6.52. The smallest absolute Gasteiger partial charge is 0.328 e. The van der Waals surface area contributed by atoms with Crippen LogP contribution in [0.2, 0.25) is 0 Å². The lowest BCUT2D eigenvalue weighted by Gasteiger charge is -2.10. The summed E-state index contributed by atoms with van der Waals surface area (Å²) in [7, 11) is 0. The number of halogens is 1. The highest BCUT2D eigenvalue weighted by atomic mass is 35.5. The van der Waals surface area contributed by atoms with Crippen LogP contribution in [0.3, 0.4) is 0 Å². The Kier molecular flexibility index (Phi) is 4.64. The van der Waals surface area contributed by atoms with Crippen LogP contribution in [-0.2, 0) is 9.59 Å². The van der Waals surface area contributed by atoms with Crippen molar-refractivity contribution in [2.24, 2.45) is 0 Å². The minimum absolute atomic E-state index is 0.244. The number of rotatable bonds is 4. The van der Waals surface area contributed by atoms with Crippen LogP contribution < -0.4 is 0 Å². The number of carboxylic acid groups (broad SMARTS) is 1. The highest BCUT2D eigenvalue weighted by Crippen LogP contribution is 2.26. The van der Waals surface area contributed by atoms with E-state index in [0.717, 1.165) is 6.08 Å². The predicted octanol–water partition coefficient (Wildman–Crippen LogP) is 2.52.